The summed E-state index contributed by atoms with van der Waals surface area (Å²) in [5.41, 5.74) is 7.89. The zero-order chi connectivity index (χ0) is 14.8. The van der Waals surface area contributed by atoms with Crippen LogP contribution in [0.15, 0.2) is 24.3 Å². The summed E-state index contributed by atoms with van der Waals surface area (Å²) in [6.07, 6.45) is 3.06. The SMILES string of the molecule is CCc1ccc(C(C)(C)C(=O)N2CCCC(N)C2)cc1.Cl. The van der Waals surface area contributed by atoms with Crippen LogP contribution in [0, 0.1) is 0 Å². The quantitative estimate of drug-likeness (QED) is 0.933. The summed E-state index contributed by atoms with van der Waals surface area (Å²) in [6.45, 7) is 7.69. The van der Waals surface area contributed by atoms with Gasteiger partial charge in [-0.2, -0.15) is 0 Å². The Labute approximate surface area is 134 Å². The molecule has 2 N–H and O–H groups in total. The molecule has 3 nitrogen and oxygen atoms in total. The van der Waals surface area contributed by atoms with Crippen molar-refractivity contribution < 1.29 is 4.79 Å². The summed E-state index contributed by atoms with van der Waals surface area (Å²) >= 11 is 0. The number of benzene rings is 1. The van der Waals surface area contributed by atoms with Gasteiger partial charge >= 0.3 is 0 Å². The number of aryl methyl sites for hydroxylation is 1. The summed E-state index contributed by atoms with van der Waals surface area (Å²) in [5, 5.41) is 0. The smallest absolute Gasteiger partial charge is 0.232 e. The van der Waals surface area contributed by atoms with Gasteiger partial charge in [0.05, 0.1) is 5.41 Å². The van der Waals surface area contributed by atoms with E-state index in [0.29, 0.717) is 6.54 Å². The summed E-state index contributed by atoms with van der Waals surface area (Å²) < 4.78 is 0. The minimum Gasteiger partial charge on any atom is -0.340 e. The molecule has 1 aliphatic rings. The van der Waals surface area contributed by atoms with E-state index >= 15 is 0 Å². The van der Waals surface area contributed by atoms with E-state index in [9.17, 15) is 4.79 Å². The molecule has 118 valence electrons. The van der Waals surface area contributed by atoms with Gasteiger partial charge in [-0.15, -0.1) is 12.4 Å². The summed E-state index contributed by atoms with van der Waals surface area (Å²) in [7, 11) is 0. The molecule has 1 aromatic rings. The molecule has 2 rings (SSSR count). The minimum absolute atomic E-state index is 0. The number of hydrogen-bond acceptors (Lipinski definition) is 2. The molecular weight excluding hydrogens is 284 g/mol. The fourth-order valence-corrected chi connectivity index (χ4v) is 2.87. The highest BCUT2D eigenvalue weighted by Gasteiger charge is 2.35. The third-order valence-electron chi connectivity index (χ3n) is 4.36. The molecule has 1 atom stereocenters. The second kappa shape index (κ2) is 7.28. The molecule has 1 saturated heterocycles. The van der Waals surface area contributed by atoms with Gasteiger partial charge in [0.15, 0.2) is 0 Å². The Morgan fingerprint density at radius 1 is 1.33 bits per heavy atom. The summed E-state index contributed by atoms with van der Waals surface area (Å²) in [4.78, 5) is 14.7. The molecule has 0 radical (unpaired) electrons. The highest BCUT2D eigenvalue weighted by Crippen LogP contribution is 2.27. The molecular formula is C17H27ClN2O. The number of carbonyl (C=O) groups is 1. The van der Waals surface area contributed by atoms with Crippen molar-refractivity contribution in [2.24, 2.45) is 5.73 Å². The van der Waals surface area contributed by atoms with Crippen LogP contribution >= 0.6 is 12.4 Å². The van der Waals surface area contributed by atoms with Crippen molar-refractivity contribution >= 4 is 18.3 Å². The first kappa shape index (κ1) is 18.0. The van der Waals surface area contributed by atoms with E-state index < -0.39 is 5.41 Å². The van der Waals surface area contributed by atoms with Crippen LogP contribution in [0.1, 0.15) is 44.7 Å². The largest absolute Gasteiger partial charge is 0.340 e. The molecule has 4 heteroatoms. The molecule has 0 aliphatic carbocycles. The lowest BCUT2D eigenvalue weighted by atomic mass is 9.82. The van der Waals surface area contributed by atoms with Gasteiger partial charge in [-0.1, -0.05) is 31.2 Å². The molecule has 21 heavy (non-hydrogen) atoms. The van der Waals surface area contributed by atoms with Crippen LogP contribution in [0.25, 0.3) is 0 Å². The number of halogens is 1. The first-order valence-corrected chi connectivity index (χ1v) is 7.59. The predicted molar refractivity (Wildman–Crippen MR) is 89.9 cm³/mol. The fraction of sp³-hybridized carbons (Fsp3) is 0.588. The Bertz CT molecular complexity index is 470. The first-order valence-electron chi connectivity index (χ1n) is 7.59. The van der Waals surface area contributed by atoms with E-state index in [2.05, 4.69) is 31.2 Å². The van der Waals surface area contributed by atoms with Gasteiger partial charge in [0, 0.05) is 19.1 Å². The number of nitrogens with two attached hydrogens (primary N) is 1. The van der Waals surface area contributed by atoms with E-state index in [1.807, 2.05) is 18.7 Å². The van der Waals surface area contributed by atoms with Gasteiger partial charge in [0.2, 0.25) is 5.91 Å². The van der Waals surface area contributed by atoms with Crippen LogP contribution < -0.4 is 5.73 Å². The number of rotatable bonds is 3. The number of hydrogen-bond donors (Lipinski definition) is 1. The molecule has 1 aromatic carbocycles. The molecule has 0 saturated carbocycles. The molecule has 1 fully saturated rings. The topological polar surface area (TPSA) is 46.3 Å². The average Bonchev–Trinajstić information content (AvgIpc) is 2.46. The van der Waals surface area contributed by atoms with Crippen LogP contribution in [0.2, 0.25) is 0 Å². The van der Waals surface area contributed by atoms with Gasteiger partial charge in [-0.25, -0.2) is 0 Å². The van der Waals surface area contributed by atoms with Gasteiger partial charge in [0.1, 0.15) is 0 Å². The molecule has 0 bridgehead atoms. The highest BCUT2D eigenvalue weighted by atomic mass is 35.5. The lowest BCUT2D eigenvalue weighted by molar-refractivity contribution is -0.137. The average molecular weight is 311 g/mol. The van der Waals surface area contributed by atoms with E-state index in [0.717, 1.165) is 31.4 Å². The second-order valence-corrected chi connectivity index (χ2v) is 6.33. The normalized spacial score (nSPS) is 19.0. The second-order valence-electron chi connectivity index (χ2n) is 6.33. The maximum Gasteiger partial charge on any atom is 0.232 e. The molecule has 0 spiro atoms. The van der Waals surface area contributed by atoms with Crippen LogP contribution in [0.3, 0.4) is 0 Å². The lowest BCUT2D eigenvalue weighted by Gasteiger charge is -2.36. The number of piperidine rings is 1. The molecule has 1 heterocycles. The number of nitrogens with zero attached hydrogens (tertiary/aromatic N) is 1. The van der Waals surface area contributed by atoms with Crippen LogP contribution in [-0.2, 0) is 16.6 Å². The summed E-state index contributed by atoms with van der Waals surface area (Å²) in [6, 6.07) is 8.53. The number of carbonyl (C=O) groups excluding carboxylic acids is 1. The van der Waals surface area contributed by atoms with Crippen molar-refractivity contribution in [3.05, 3.63) is 35.4 Å². The van der Waals surface area contributed by atoms with E-state index in [1.54, 1.807) is 0 Å². The monoisotopic (exact) mass is 310 g/mol. The third kappa shape index (κ3) is 3.98. The highest BCUT2D eigenvalue weighted by molar-refractivity contribution is 5.87. The minimum atomic E-state index is -0.483. The van der Waals surface area contributed by atoms with E-state index in [4.69, 9.17) is 5.73 Å². The molecule has 1 aliphatic heterocycles. The summed E-state index contributed by atoms with van der Waals surface area (Å²) in [5.74, 6) is 0.192. The van der Waals surface area contributed by atoms with Gasteiger partial charge in [-0.05, 0) is 44.2 Å². The van der Waals surface area contributed by atoms with E-state index in [1.165, 1.54) is 5.56 Å². The van der Waals surface area contributed by atoms with Crippen LogP contribution in [0.5, 0.6) is 0 Å². The third-order valence-corrected chi connectivity index (χ3v) is 4.36. The molecule has 0 aromatic heterocycles. The van der Waals surface area contributed by atoms with Crippen LogP contribution in [0.4, 0.5) is 0 Å². The Morgan fingerprint density at radius 3 is 2.48 bits per heavy atom. The Morgan fingerprint density at radius 2 is 1.95 bits per heavy atom. The fourth-order valence-electron chi connectivity index (χ4n) is 2.87. The predicted octanol–water partition coefficient (Wildman–Crippen LogP) is 2.90. The Kier molecular flexibility index (Phi) is 6.24. The number of amides is 1. The molecule has 1 unspecified atom stereocenters. The Hall–Kier alpha value is -1.06. The van der Waals surface area contributed by atoms with Crippen molar-refractivity contribution in [2.45, 2.75) is 51.5 Å². The van der Waals surface area contributed by atoms with Crippen LogP contribution in [-0.4, -0.2) is 29.9 Å². The first-order chi connectivity index (χ1) is 9.45. The van der Waals surface area contributed by atoms with Crippen molar-refractivity contribution in [3.63, 3.8) is 0 Å². The van der Waals surface area contributed by atoms with E-state index in [-0.39, 0.29) is 24.4 Å². The Balaban J connectivity index is 0.00000220. The number of likely N-dealkylation sites (tertiary alicyclic amines) is 1. The van der Waals surface area contributed by atoms with Crippen molar-refractivity contribution in [1.82, 2.24) is 4.90 Å². The zero-order valence-corrected chi connectivity index (χ0v) is 14.1. The van der Waals surface area contributed by atoms with Gasteiger partial charge < -0.3 is 10.6 Å². The standard InChI is InChI=1S/C17H26N2O.ClH/c1-4-13-7-9-14(10-8-13)17(2,3)16(20)19-11-5-6-15(18)12-19;/h7-10,15H,4-6,11-12,18H2,1-3H3;1H. The maximum atomic E-state index is 12.8. The van der Waals surface area contributed by atoms with Crippen molar-refractivity contribution in [3.8, 4) is 0 Å². The zero-order valence-electron chi connectivity index (χ0n) is 13.3. The lowest BCUT2D eigenvalue weighted by Crippen LogP contribution is -2.51. The van der Waals surface area contributed by atoms with Crippen molar-refractivity contribution in [2.75, 3.05) is 13.1 Å². The van der Waals surface area contributed by atoms with Gasteiger partial charge in [-0.3, -0.25) is 4.79 Å². The van der Waals surface area contributed by atoms with Crippen molar-refractivity contribution in [1.29, 1.82) is 0 Å². The van der Waals surface area contributed by atoms with Gasteiger partial charge in [0.25, 0.3) is 0 Å². The maximum absolute atomic E-state index is 12.8. The molecule has 1 amide bonds.